The first kappa shape index (κ1) is 18.5. The molecule has 0 spiro atoms. The number of carbonyl (C=O) groups excluding carboxylic acids is 2. The summed E-state index contributed by atoms with van der Waals surface area (Å²) in [4.78, 5) is 24.5. The first-order valence-electron chi connectivity index (χ1n) is 8.17. The number of carbonyl (C=O) groups is 2. The topological polar surface area (TPSA) is 67.4 Å². The van der Waals surface area contributed by atoms with Gasteiger partial charge in [0, 0.05) is 10.2 Å². The molecule has 1 heterocycles. The molecule has 0 radical (unpaired) electrons. The molecule has 1 aliphatic rings. The van der Waals surface area contributed by atoms with Crippen molar-refractivity contribution >= 4 is 27.9 Å². The van der Waals surface area contributed by atoms with Crippen LogP contribution in [-0.2, 0) is 9.53 Å². The van der Waals surface area contributed by atoms with Crippen LogP contribution in [0.1, 0.15) is 45.2 Å². The number of ether oxygens (including phenoxy) is 1. The van der Waals surface area contributed by atoms with Crippen LogP contribution in [0.15, 0.2) is 40.0 Å². The van der Waals surface area contributed by atoms with E-state index in [0.29, 0.717) is 23.8 Å². The summed E-state index contributed by atoms with van der Waals surface area (Å²) in [5, 5.41) is 5.47. The molecule has 2 amide bonds. The van der Waals surface area contributed by atoms with Crippen LogP contribution in [0.4, 0.5) is 4.79 Å². The van der Waals surface area contributed by atoms with E-state index in [2.05, 4.69) is 40.4 Å². The normalized spacial score (nSPS) is 17.5. The molecule has 1 aliphatic heterocycles. The second kappa shape index (κ2) is 8.33. The zero-order valence-corrected chi connectivity index (χ0v) is 15.8. The summed E-state index contributed by atoms with van der Waals surface area (Å²) >= 11 is 3.49. The lowest BCUT2D eigenvalue weighted by atomic mass is 9.95. The van der Waals surface area contributed by atoms with Gasteiger partial charge in [0.25, 0.3) is 0 Å². The maximum atomic E-state index is 12.7. The van der Waals surface area contributed by atoms with Crippen molar-refractivity contribution in [2.45, 2.75) is 39.7 Å². The maximum absolute atomic E-state index is 12.7. The predicted octanol–water partition coefficient (Wildman–Crippen LogP) is 4.06. The van der Waals surface area contributed by atoms with Gasteiger partial charge in [0.1, 0.15) is 0 Å². The molecule has 0 fully saturated rings. The largest absolute Gasteiger partial charge is 0.462 e. The number of amides is 2. The summed E-state index contributed by atoms with van der Waals surface area (Å²) < 4.78 is 6.35. The molecule has 2 N–H and O–H groups in total. The van der Waals surface area contributed by atoms with Crippen LogP contribution in [0.5, 0.6) is 0 Å². The number of halogens is 1. The number of rotatable bonds is 6. The Labute approximate surface area is 151 Å². The number of nitrogens with one attached hydrogen (secondary N) is 2. The van der Waals surface area contributed by atoms with Gasteiger partial charge in [0.05, 0.1) is 18.2 Å². The second-order valence-electron chi connectivity index (χ2n) is 5.87. The highest BCUT2D eigenvalue weighted by atomic mass is 79.9. The average molecular weight is 395 g/mol. The fourth-order valence-electron chi connectivity index (χ4n) is 2.70. The lowest BCUT2D eigenvalue weighted by molar-refractivity contribution is -0.141. The van der Waals surface area contributed by atoms with E-state index in [0.717, 1.165) is 22.9 Å². The smallest absolute Gasteiger partial charge is 0.338 e. The van der Waals surface area contributed by atoms with Crippen LogP contribution in [-0.4, -0.2) is 18.6 Å². The second-order valence-corrected chi connectivity index (χ2v) is 6.73. The lowest BCUT2D eigenvalue weighted by Gasteiger charge is -2.29. The Kier molecular flexibility index (Phi) is 6.43. The number of allylic oxidation sites excluding steroid dienone is 1. The molecule has 0 aliphatic carbocycles. The fraction of sp³-hybridized carbons (Fsp3) is 0.444. The van der Waals surface area contributed by atoms with Crippen molar-refractivity contribution in [3.05, 3.63) is 45.6 Å². The standard InChI is InChI=1S/C18H23BrN2O3/c1-4-12(5-2)10-24-17(22)15-11(3)20-18(23)21-16(15)13-8-6-7-9-14(13)19/h6-9,12,16H,4-5,10H2,1-3H3,(H2,20,21,23). The molecular weight excluding hydrogens is 372 g/mol. The Balaban J connectivity index is 2.29. The molecule has 1 atom stereocenters. The average Bonchev–Trinajstić information content (AvgIpc) is 2.55. The van der Waals surface area contributed by atoms with E-state index in [4.69, 9.17) is 4.74 Å². The van der Waals surface area contributed by atoms with Gasteiger partial charge in [0.15, 0.2) is 0 Å². The van der Waals surface area contributed by atoms with Gasteiger partial charge in [-0.3, -0.25) is 0 Å². The molecule has 0 bridgehead atoms. The molecule has 5 nitrogen and oxygen atoms in total. The van der Waals surface area contributed by atoms with Gasteiger partial charge in [-0.05, 0) is 24.5 Å². The van der Waals surface area contributed by atoms with Crippen LogP contribution in [0.2, 0.25) is 0 Å². The van der Waals surface area contributed by atoms with Gasteiger partial charge in [0.2, 0.25) is 0 Å². The summed E-state index contributed by atoms with van der Waals surface area (Å²) in [6, 6.07) is 6.65. The number of esters is 1. The molecule has 1 aromatic carbocycles. The Morgan fingerprint density at radius 1 is 1.29 bits per heavy atom. The molecule has 0 saturated heterocycles. The van der Waals surface area contributed by atoms with Crippen LogP contribution in [0.25, 0.3) is 0 Å². The number of urea groups is 1. The monoisotopic (exact) mass is 394 g/mol. The third-order valence-electron chi connectivity index (χ3n) is 4.31. The number of benzene rings is 1. The molecule has 24 heavy (non-hydrogen) atoms. The van der Waals surface area contributed by atoms with Gasteiger partial charge in [-0.15, -0.1) is 0 Å². The van der Waals surface area contributed by atoms with Gasteiger partial charge < -0.3 is 15.4 Å². The molecule has 2 rings (SSSR count). The predicted molar refractivity (Wildman–Crippen MR) is 96.3 cm³/mol. The summed E-state index contributed by atoms with van der Waals surface area (Å²) in [6.07, 6.45) is 1.93. The van der Waals surface area contributed by atoms with E-state index in [1.54, 1.807) is 6.92 Å². The molecule has 130 valence electrons. The van der Waals surface area contributed by atoms with Crippen LogP contribution < -0.4 is 10.6 Å². The Morgan fingerprint density at radius 2 is 1.96 bits per heavy atom. The minimum absolute atomic E-state index is 0.329. The first-order valence-corrected chi connectivity index (χ1v) is 8.97. The van der Waals surface area contributed by atoms with Crippen molar-refractivity contribution < 1.29 is 14.3 Å². The summed E-state index contributed by atoms with van der Waals surface area (Å²) in [7, 11) is 0. The zero-order chi connectivity index (χ0) is 17.7. The highest BCUT2D eigenvalue weighted by Crippen LogP contribution is 2.32. The van der Waals surface area contributed by atoms with Gasteiger partial charge in [-0.25, -0.2) is 9.59 Å². The number of hydrogen-bond donors (Lipinski definition) is 2. The summed E-state index contributed by atoms with van der Waals surface area (Å²) in [6.45, 7) is 6.27. The Bertz CT molecular complexity index is 653. The van der Waals surface area contributed by atoms with E-state index in [9.17, 15) is 9.59 Å². The third-order valence-corrected chi connectivity index (χ3v) is 5.03. The first-order chi connectivity index (χ1) is 11.5. The van der Waals surface area contributed by atoms with E-state index >= 15 is 0 Å². The van der Waals surface area contributed by atoms with Crippen molar-refractivity contribution in [3.8, 4) is 0 Å². The van der Waals surface area contributed by atoms with Gasteiger partial charge >= 0.3 is 12.0 Å². The van der Waals surface area contributed by atoms with E-state index in [-0.39, 0.29) is 6.03 Å². The van der Waals surface area contributed by atoms with Crippen molar-refractivity contribution in [3.63, 3.8) is 0 Å². The molecule has 0 aromatic heterocycles. The van der Waals surface area contributed by atoms with Crippen molar-refractivity contribution in [1.29, 1.82) is 0 Å². The van der Waals surface area contributed by atoms with Crippen molar-refractivity contribution in [2.75, 3.05) is 6.61 Å². The minimum Gasteiger partial charge on any atom is -0.462 e. The van der Waals surface area contributed by atoms with Crippen LogP contribution in [0, 0.1) is 5.92 Å². The van der Waals surface area contributed by atoms with Crippen LogP contribution in [0.3, 0.4) is 0 Å². The molecular formula is C18H23BrN2O3. The highest BCUT2D eigenvalue weighted by molar-refractivity contribution is 9.10. The Morgan fingerprint density at radius 3 is 2.58 bits per heavy atom. The third kappa shape index (κ3) is 4.17. The molecule has 6 heteroatoms. The van der Waals surface area contributed by atoms with E-state index in [1.807, 2.05) is 24.3 Å². The van der Waals surface area contributed by atoms with Crippen molar-refractivity contribution in [2.24, 2.45) is 5.92 Å². The van der Waals surface area contributed by atoms with E-state index < -0.39 is 12.0 Å². The zero-order valence-electron chi connectivity index (χ0n) is 14.2. The molecule has 0 saturated carbocycles. The summed E-state index contributed by atoms with van der Waals surface area (Å²) in [5.74, 6) is -0.0458. The van der Waals surface area contributed by atoms with Crippen LogP contribution >= 0.6 is 15.9 Å². The molecule has 1 aromatic rings. The highest BCUT2D eigenvalue weighted by Gasteiger charge is 2.33. The number of hydrogen-bond acceptors (Lipinski definition) is 3. The van der Waals surface area contributed by atoms with Gasteiger partial charge in [-0.1, -0.05) is 60.8 Å². The maximum Gasteiger partial charge on any atom is 0.338 e. The fourth-order valence-corrected chi connectivity index (χ4v) is 3.22. The SMILES string of the molecule is CCC(CC)COC(=O)C1=C(C)NC(=O)NC1c1ccccc1Br. The molecule has 1 unspecified atom stereocenters. The van der Waals surface area contributed by atoms with E-state index in [1.165, 1.54) is 0 Å². The van der Waals surface area contributed by atoms with Crippen molar-refractivity contribution in [1.82, 2.24) is 10.6 Å². The lowest BCUT2D eigenvalue weighted by Crippen LogP contribution is -2.45. The Hall–Kier alpha value is -1.82. The summed E-state index contributed by atoms with van der Waals surface area (Å²) in [5.41, 5.74) is 1.78. The van der Waals surface area contributed by atoms with Gasteiger partial charge in [-0.2, -0.15) is 0 Å². The minimum atomic E-state index is -0.538. The quantitative estimate of drug-likeness (QED) is 0.714.